The number of amides is 1. The third-order valence-corrected chi connectivity index (χ3v) is 6.04. The van der Waals surface area contributed by atoms with E-state index in [0.29, 0.717) is 38.3 Å². The second kappa shape index (κ2) is 9.79. The van der Waals surface area contributed by atoms with E-state index in [4.69, 9.17) is 0 Å². The van der Waals surface area contributed by atoms with Gasteiger partial charge in [0.05, 0.1) is 24.2 Å². The average molecular weight is 457 g/mol. The van der Waals surface area contributed by atoms with Gasteiger partial charge in [0.2, 0.25) is 5.91 Å². The number of hydrogen-bond acceptors (Lipinski definition) is 4. The monoisotopic (exact) mass is 456 g/mol. The third-order valence-electron chi connectivity index (χ3n) is 6.04. The van der Waals surface area contributed by atoms with E-state index in [2.05, 4.69) is 10.0 Å². The van der Waals surface area contributed by atoms with E-state index in [0.717, 1.165) is 36.0 Å². The summed E-state index contributed by atoms with van der Waals surface area (Å²) in [5, 5.41) is 6.05. The fraction of sp³-hybridized carbons (Fsp3) is 0.360. The van der Waals surface area contributed by atoms with Crippen molar-refractivity contribution in [1.82, 2.24) is 9.91 Å². The fourth-order valence-electron chi connectivity index (χ4n) is 4.11. The minimum absolute atomic E-state index is 0.0228. The number of rotatable bonds is 5. The molecule has 2 aromatic rings. The third kappa shape index (κ3) is 5.82. The summed E-state index contributed by atoms with van der Waals surface area (Å²) in [4.78, 5) is 16.8. The molecule has 0 atom stereocenters. The Balaban J connectivity index is 1.30. The van der Waals surface area contributed by atoms with Crippen molar-refractivity contribution in [2.75, 3.05) is 44.2 Å². The van der Waals surface area contributed by atoms with Gasteiger partial charge in [-0.15, -0.1) is 0 Å². The van der Waals surface area contributed by atoms with E-state index in [1.54, 1.807) is 6.07 Å². The first-order valence-electron chi connectivity index (χ1n) is 11.1. The number of anilines is 1. The summed E-state index contributed by atoms with van der Waals surface area (Å²) in [5.41, 5.74) is 2.78. The first-order valence-corrected chi connectivity index (χ1v) is 11.1. The zero-order valence-corrected chi connectivity index (χ0v) is 18.6. The molecule has 0 N–H and O–H groups in total. The van der Waals surface area contributed by atoms with Gasteiger partial charge in [0.25, 0.3) is 0 Å². The van der Waals surface area contributed by atoms with Gasteiger partial charge in [-0.25, -0.2) is 5.01 Å². The molecule has 174 valence electrons. The Kier molecular flexibility index (Phi) is 6.83. The van der Waals surface area contributed by atoms with Gasteiger partial charge in [-0.05, 0) is 42.3 Å². The van der Waals surface area contributed by atoms with Crippen molar-refractivity contribution in [2.45, 2.75) is 19.5 Å². The van der Waals surface area contributed by atoms with E-state index in [1.807, 2.05) is 48.2 Å². The van der Waals surface area contributed by atoms with Crippen LogP contribution in [0.2, 0.25) is 0 Å². The smallest absolute Gasteiger partial charge is 0.369 e. The molecule has 1 amide bonds. The lowest BCUT2D eigenvalue weighted by Gasteiger charge is -2.37. The zero-order chi connectivity index (χ0) is 23.4. The van der Waals surface area contributed by atoms with Crippen molar-refractivity contribution in [2.24, 2.45) is 5.10 Å². The van der Waals surface area contributed by atoms with Crippen LogP contribution >= 0.6 is 0 Å². The average Bonchev–Trinajstić information content (AvgIpc) is 2.81. The van der Waals surface area contributed by atoms with Gasteiger partial charge >= 0.3 is 6.18 Å². The Morgan fingerprint density at radius 2 is 1.70 bits per heavy atom. The van der Waals surface area contributed by atoms with E-state index >= 15 is 0 Å². The largest absolute Gasteiger partial charge is 0.416 e. The summed E-state index contributed by atoms with van der Waals surface area (Å²) in [6.07, 6.45) is -2.01. The van der Waals surface area contributed by atoms with Gasteiger partial charge in [0.1, 0.15) is 0 Å². The fourth-order valence-corrected chi connectivity index (χ4v) is 4.11. The van der Waals surface area contributed by atoms with Crippen molar-refractivity contribution >= 4 is 23.4 Å². The first kappa shape index (κ1) is 23.0. The predicted octanol–water partition coefficient (Wildman–Crippen LogP) is 4.52. The van der Waals surface area contributed by atoms with Gasteiger partial charge in [0.15, 0.2) is 0 Å². The summed E-state index contributed by atoms with van der Waals surface area (Å²) in [6.45, 7) is 5.82. The second-order valence-corrected chi connectivity index (χ2v) is 8.34. The summed E-state index contributed by atoms with van der Waals surface area (Å²) in [7, 11) is 0. The number of carbonyl (C=O) groups is 1. The molecule has 4 rings (SSSR count). The van der Waals surface area contributed by atoms with Crippen LogP contribution in [0.25, 0.3) is 6.08 Å². The van der Waals surface area contributed by atoms with Crippen LogP contribution in [0.4, 0.5) is 18.9 Å². The Bertz CT molecular complexity index is 1040. The highest BCUT2D eigenvalue weighted by atomic mass is 19.4. The van der Waals surface area contributed by atoms with Crippen molar-refractivity contribution in [3.8, 4) is 0 Å². The SMILES string of the molecule is CC1=NN(CCN2CCN(c3cccc(C(F)(F)F)c3)CC2)C(=O)C/C1=C\c1ccccc1. The summed E-state index contributed by atoms with van der Waals surface area (Å²) < 4.78 is 39.0. The van der Waals surface area contributed by atoms with Crippen molar-refractivity contribution < 1.29 is 18.0 Å². The molecular formula is C25H27F3N4O. The number of benzene rings is 2. The summed E-state index contributed by atoms with van der Waals surface area (Å²) >= 11 is 0. The molecule has 8 heteroatoms. The maximum atomic E-state index is 13.0. The van der Waals surface area contributed by atoms with Crippen molar-refractivity contribution in [3.63, 3.8) is 0 Å². The molecule has 2 aliphatic rings. The summed E-state index contributed by atoms with van der Waals surface area (Å²) in [5.74, 6) is -0.0228. The maximum Gasteiger partial charge on any atom is 0.416 e. The molecular weight excluding hydrogens is 429 g/mol. The van der Waals surface area contributed by atoms with Crippen molar-refractivity contribution in [3.05, 3.63) is 71.3 Å². The number of carbonyl (C=O) groups excluding carboxylic acids is 1. The Labute approximate surface area is 191 Å². The number of nitrogens with zero attached hydrogens (tertiary/aromatic N) is 4. The van der Waals surface area contributed by atoms with Crippen LogP contribution in [-0.4, -0.2) is 60.8 Å². The molecule has 1 saturated heterocycles. The summed E-state index contributed by atoms with van der Waals surface area (Å²) in [6, 6.07) is 15.3. The maximum absolute atomic E-state index is 13.0. The molecule has 0 aromatic heterocycles. The molecule has 0 unspecified atom stereocenters. The molecule has 0 radical (unpaired) electrons. The molecule has 2 aliphatic heterocycles. The lowest BCUT2D eigenvalue weighted by Crippen LogP contribution is -2.49. The van der Waals surface area contributed by atoms with E-state index in [1.165, 1.54) is 17.1 Å². The van der Waals surface area contributed by atoms with Gasteiger partial charge in [-0.1, -0.05) is 36.4 Å². The highest BCUT2D eigenvalue weighted by Gasteiger charge is 2.31. The highest BCUT2D eigenvalue weighted by Crippen LogP contribution is 2.32. The van der Waals surface area contributed by atoms with Crippen LogP contribution in [0.1, 0.15) is 24.5 Å². The number of hydrazone groups is 1. The quantitative estimate of drug-likeness (QED) is 0.664. The molecule has 0 saturated carbocycles. The lowest BCUT2D eigenvalue weighted by molar-refractivity contribution is -0.137. The van der Waals surface area contributed by atoms with Gasteiger partial charge in [-0.3, -0.25) is 9.69 Å². The molecule has 0 aliphatic carbocycles. The Hall–Kier alpha value is -3.13. The highest BCUT2D eigenvalue weighted by molar-refractivity contribution is 6.08. The molecule has 0 spiro atoms. The normalized spacial score (nSPS) is 19.2. The molecule has 2 heterocycles. The van der Waals surface area contributed by atoms with Gasteiger partial charge in [0, 0.05) is 38.4 Å². The van der Waals surface area contributed by atoms with Crippen LogP contribution in [-0.2, 0) is 11.0 Å². The molecule has 0 bridgehead atoms. The van der Waals surface area contributed by atoms with E-state index < -0.39 is 11.7 Å². The number of piperazine rings is 1. The second-order valence-electron chi connectivity index (χ2n) is 8.34. The first-order chi connectivity index (χ1) is 15.8. The Morgan fingerprint density at radius 1 is 0.970 bits per heavy atom. The van der Waals surface area contributed by atoms with Crippen LogP contribution in [0, 0.1) is 0 Å². The van der Waals surface area contributed by atoms with Crippen LogP contribution < -0.4 is 4.90 Å². The molecule has 1 fully saturated rings. The number of alkyl halides is 3. The minimum Gasteiger partial charge on any atom is -0.369 e. The van der Waals surface area contributed by atoms with Crippen LogP contribution in [0.3, 0.4) is 0 Å². The van der Waals surface area contributed by atoms with Crippen LogP contribution in [0.5, 0.6) is 0 Å². The zero-order valence-electron chi connectivity index (χ0n) is 18.6. The predicted molar refractivity (Wildman–Crippen MR) is 124 cm³/mol. The van der Waals surface area contributed by atoms with Gasteiger partial charge < -0.3 is 4.90 Å². The van der Waals surface area contributed by atoms with Crippen LogP contribution in [0.15, 0.2) is 65.3 Å². The van der Waals surface area contributed by atoms with E-state index in [-0.39, 0.29) is 5.91 Å². The molecule has 5 nitrogen and oxygen atoms in total. The molecule has 33 heavy (non-hydrogen) atoms. The lowest BCUT2D eigenvalue weighted by atomic mass is 10.0. The number of hydrogen-bond donors (Lipinski definition) is 0. The topological polar surface area (TPSA) is 39.1 Å². The number of halogens is 3. The van der Waals surface area contributed by atoms with E-state index in [9.17, 15) is 18.0 Å². The molecule has 2 aromatic carbocycles. The Morgan fingerprint density at radius 3 is 2.39 bits per heavy atom. The van der Waals surface area contributed by atoms with Crippen molar-refractivity contribution in [1.29, 1.82) is 0 Å². The van der Waals surface area contributed by atoms with Gasteiger partial charge in [-0.2, -0.15) is 18.3 Å². The minimum atomic E-state index is -4.34. The standard InChI is InChI=1S/C25H27F3N4O/c1-19-21(16-20-6-3-2-4-7-20)17-24(33)32(29-19)15-12-30-10-13-31(14-11-30)23-9-5-8-22(18-23)25(26,27)28/h2-9,16,18H,10-15,17H2,1H3/b21-16+.